The Labute approximate surface area is 253 Å². The average Bonchev–Trinajstić information content (AvgIpc) is 2.93. The van der Waals surface area contributed by atoms with Gasteiger partial charge in [0, 0.05) is 10.6 Å². The Morgan fingerprint density at radius 1 is 0.975 bits per heavy atom. The number of barbiturate groups is 1. The second-order valence-electron chi connectivity index (χ2n) is 8.74. The van der Waals surface area contributed by atoms with Crippen molar-refractivity contribution in [1.29, 1.82) is 0 Å². The summed E-state index contributed by atoms with van der Waals surface area (Å²) in [6.45, 7) is 2.70. The summed E-state index contributed by atoms with van der Waals surface area (Å²) in [5.41, 5.74) is 1.81. The number of hydrogen-bond donors (Lipinski definition) is 1. The summed E-state index contributed by atoms with van der Waals surface area (Å²) >= 11 is 13.2. The summed E-state index contributed by atoms with van der Waals surface area (Å²) in [5, 5.41) is 2.84. The molecule has 0 aliphatic carbocycles. The van der Waals surface area contributed by atoms with Gasteiger partial charge in [-0.25, -0.2) is 4.79 Å². The molecule has 3 aromatic carbocycles. The molecule has 0 aromatic heterocycles. The Morgan fingerprint density at radius 2 is 1.70 bits per heavy atom. The van der Waals surface area contributed by atoms with Gasteiger partial charge in [-0.1, -0.05) is 42.8 Å². The van der Waals surface area contributed by atoms with E-state index in [1.807, 2.05) is 25.1 Å². The molecule has 1 fully saturated rings. The number of imide groups is 2. The quantitative estimate of drug-likeness (QED) is 0.184. The zero-order chi connectivity index (χ0) is 28.8. The van der Waals surface area contributed by atoms with Crippen molar-refractivity contribution < 1.29 is 28.6 Å². The zero-order valence-electron chi connectivity index (χ0n) is 21.6. The van der Waals surface area contributed by atoms with E-state index in [1.54, 1.807) is 36.4 Å². The number of methoxy groups -OCH3 is 1. The minimum atomic E-state index is -0.803. The number of amides is 4. The van der Waals surface area contributed by atoms with Gasteiger partial charge in [0.05, 0.1) is 29.2 Å². The molecule has 1 aliphatic heterocycles. The third-order valence-corrected chi connectivity index (χ3v) is 7.42. The zero-order valence-corrected chi connectivity index (χ0v) is 25.6. The van der Waals surface area contributed by atoms with Gasteiger partial charge in [0.15, 0.2) is 11.5 Å². The number of carbonyl (C=O) groups is 3. The molecule has 1 N–H and O–H groups in total. The number of carbonyl (C=O) groups excluding carboxylic acids is 3. The van der Waals surface area contributed by atoms with Crippen LogP contribution in [-0.2, 0) is 22.7 Å². The maximum Gasteiger partial charge on any atom is 0.331 e. The number of nitrogens with one attached hydrogen (secondary N) is 1. The summed E-state index contributed by atoms with van der Waals surface area (Å²) in [4.78, 5) is 39.5. The van der Waals surface area contributed by atoms with Crippen LogP contribution in [0.2, 0.25) is 5.02 Å². The predicted octanol–water partition coefficient (Wildman–Crippen LogP) is 6.90. The summed E-state index contributed by atoms with van der Waals surface area (Å²) < 4.78 is 18.2. The molecule has 4 rings (SSSR count). The van der Waals surface area contributed by atoms with Crippen LogP contribution in [0.4, 0.5) is 4.79 Å². The first-order valence-corrected chi connectivity index (χ1v) is 14.2. The molecule has 0 atom stereocenters. The summed E-state index contributed by atoms with van der Waals surface area (Å²) in [5.74, 6) is 0.0743. The van der Waals surface area contributed by atoms with Crippen LogP contribution < -0.4 is 19.5 Å². The molecular formula is C29H25Br2ClN2O6. The minimum Gasteiger partial charge on any atom is -0.493 e. The number of benzene rings is 3. The molecule has 40 heavy (non-hydrogen) atoms. The molecule has 1 saturated heterocycles. The topological polar surface area (TPSA) is 94.2 Å². The van der Waals surface area contributed by atoms with E-state index in [-0.39, 0.29) is 18.7 Å². The van der Waals surface area contributed by atoms with Crippen LogP contribution in [0.15, 0.2) is 69.1 Å². The molecule has 0 spiro atoms. The third kappa shape index (κ3) is 6.86. The lowest BCUT2D eigenvalue weighted by atomic mass is 10.1. The van der Waals surface area contributed by atoms with Crippen molar-refractivity contribution in [3.63, 3.8) is 0 Å². The highest BCUT2D eigenvalue weighted by atomic mass is 79.9. The molecule has 8 nitrogen and oxygen atoms in total. The summed E-state index contributed by atoms with van der Waals surface area (Å²) in [6.07, 6.45) is 2.26. The van der Waals surface area contributed by atoms with Crippen molar-refractivity contribution in [3.8, 4) is 17.2 Å². The van der Waals surface area contributed by atoms with Gasteiger partial charge in [-0.15, -0.1) is 0 Å². The fourth-order valence-corrected chi connectivity index (χ4v) is 5.54. The lowest BCUT2D eigenvalue weighted by molar-refractivity contribution is -0.130. The number of ether oxygens (including phenoxy) is 3. The van der Waals surface area contributed by atoms with Gasteiger partial charge < -0.3 is 14.2 Å². The Kier molecular flexibility index (Phi) is 9.89. The molecule has 0 bridgehead atoms. The highest BCUT2D eigenvalue weighted by Crippen LogP contribution is 2.37. The van der Waals surface area contributed by atoms with E-state index < -0.39 is 17.8 Å². The van der Waals surface area contributed by atoms with Crippen LogP contribution in [-0.4, -0.2) is 36.5 Å². The number of hydrogen-bond acceptors (Lipinski definition) is 6. The van der Waals surface area contributed by atoms with Crippen LogP contribution in [0, 0.1) is 0 Å². The van der Waals surface area contributed by atoms with Crippen LogP contribution in [0.3, 0.4) is 0 Å². The Bertz CT molecular complexity index is 1470. The van der Waals surface area contributed by atoms with Crippen LogP contribution in [0.25, 0.3) is 6.08 Å². The minimum absolute atomic E-state index is 0.0675. The first kappa shape index (κ1) is 29.6. The number of urea groups is 1. The SMILES string of the molecule is CCCOc1ccc(CN2C(=O)NC(=O)/C(=C\c3cc(Br)c(OCc4ccccc4Cl)c(Br)c3)C2=O)cc1OC. The predicted molar refractivity (Wildman–Crippen MR) is 158 cm³/mol. The monoisotopic (exact) mass is 690 g/mol. The van der Waals surface area contributed by atoms with Crippen molar-refractivity contribution in [2.45, 2.75) is 26.5 Å². The molecule has 1 heterocycles. The standard InChI is InChI=1S/C29H25Br2ClN2O6/c1-3-10-39-24-9-8-17(14-25(24)38-2)15-34-28(36)20(27(35)33-29(34)37)11-18-12-21(30)26(22(31)13-18)40-16-19-6-4-5-7-23(19)32/h4-9,11-14H,3,10,15-16H2,1-2H3,(H,33,35,37)/b20-11+. The van der Waals surface area contributed by atoms with Gasteiger partial charge in [-0.05, 0) is 85.8 Å². The van der Waals surface area contributed by atoms with Gasteiger partial charge in [0.2, 0.25) is 0 Å². The first-order chi connectivity index (χ1) is 19.2. The Morgan fingerprint density at radius 3 is 2.38 bits per heavy atom. The van der Waals surface area contributed by atoms with E-state index in [0.717, 1.165) is 16.9 Å². The first-order valence-electron chi connectivity index (χ1n) is 12.3. The van der Waals surface area contributed by atoms with Crippen molar-refractivity contribution in [1.82, 2.24) is 10.2 Å². The van der Waals surface area contributed by atoms with Crippen molar-refractivity contribution in [3.05, 3.63) is 90.8 Å². The highest BCUT2D eigenvalue weighted by Gasteiger charge is 2.36. The summed E-state index contributed by atoms with van der Waals surface area (Å²) in [7, 11) is 1.51. The fraction of sp³-hybridized carbons (Fsp3) is 0.207. The van der Waals surface area contributed by atoms with Crippen molar-refractivity contribution >= 4 is 67.4 Å². The van der Waals surface area contributed by atoms with E-state index in [2.05, 4.69) is 37.2 Å². The Balaban J connectivity index is 1.55. The fourth-order valence-electron chi connectivity index (χ4n) is 3.89. The van der Waals surface area contributed by atoms with Crippen molar-refractivity contribution in [2.75, 3.05) is 13.7 Å². The second kappa shape index (κ2) is 13.3. The molecule has 0 radical (unpaired) electrons. The van der Waals surface area contributed by atoms with Gasteiger partial charge >= 0.3 is 6.03 Å². The summed E-state index contributed by atoms with van der Waals surface area (Å²) in [6, 6.07) is 15.1. The lowest BCUT2D eigenvalue weighted by Crippen LogP contribution is -2.53. The van der Waals surface area contributed by atoms with Gasteiger partial charge in [-0.3, -0.25) is 19.8 Å². The largest absolute Gasteiger partial charge is 0.493 e. The smallest absolute Gasteiger partial charge is 0.331 e. The maximum absolute atomic E-state index is 13.3. The molecule has 4 amide bonds. The van der Waals surface area contributed by atoms with Gasteiger partial charge in [0.1, 0.15) is 17.9 Å². The molecule has 11 heteroatoms. The molecule has 0 unspecified atom stereocenters. The molecule has 0 saturated carbocycles. The van der Waals surface area contributed by atoms with Crippen LogP contribution >= 0.6 is 43.5 Å². The number of rotatable bonds is 10. The third-order valence-electron chi connectivity index (χ3n) is 5.88. The van der Waals surface area contributed by atoms with E-state index in [0.29, 0.717) is 49.0 Å². The Hall–Kier alpha value is -3.34. The molecule has 3 aromatic rings. The second-order valence-corrected chi connectivity index (χ2v) is 10.9. The lowest BCUT2D eigenvalue weighted by Gasteiger charge is -2.26. The molecule has 208 valence electrons. The van der Waals surface area contributed by atoms with Gasteiger partial charge in [0.25, 0.3) is 11.8 Å². The maximum atomic E-state index is 13.3. The number of halogens is 3. The van der Waals surface area contributed by atoms with E-state index in [1.165, 1.54) is 13.2 Å². The van der Waals surface area contributed by atoms with Crippen LogP contribution in [0.1, 0.15) is 30.0 Å². The van der Waals surface area contributed by atoms with Crippen molar-refractivity contribution in [2.24, 2.45) is 0 Å². The molecule has 1 aliphatic rings. The highest BCUT2D eigenvalue weighted by molar-refractivity contribution is 9.11. The molecular weight excluding hydrogens is 668 g/mol. The van der Waals surface area contributed by atoms with E-state index in [4.69, 9.17) is 25.8 Å². The average molecular weight is 693 g/mol. The van der Waals surface area contributed by atoms with E-state index >= 15 is 0 Å². The van der Waals surface area contributed by atoms with E-state index in [9.17, 15) is 14.4 Å². The normalized spacial score (nSPS) is 14.4. The number of nitrogens with zero attached hydrogens (tertiary/aromatic N) is 1. The van der Waals surface area contributed by atoms with Gasteiger partial charge in [-0.2, -0.15) is 0 Å². The van der Waals surface area contributed by atoms with Crippen LogP contribution in [0.5, 0.6) is 17.2 Å².